The van der Waals surface area contributed by atoms with Crippen LogP contribution >= 0.6 is 11.6 Å². The Kier molecular flexibility index (Phi) is 4.58. The van der Waals surface area contributed by atoms with Crippen LogP contribution in [0.15, 0.2) is 42.5 Å². The van der Waals surface area contributed by atoms with Gasteiger partial charge in [-0.15, -0.1) is 0 Å². The first-order chi connectivity index (χ1) is 9.58. The third-order valence-electron chi connectivity index (χ3n) is 2.60. The average Bonchev–Trinajstić information content (AvgIpc) is 2.45. The molecule has 0 saturated heterocycles. The molecule has 0 N–H and O–H groups in total. The van der Waals surface area contributed by atoms with Crippen molar-refractivity contribution in [2.24, 2.45) is 0 Å². The van der Waals surface area contributed by atoms with Gasteiger partial charge in [0.2, 0.25) is 0 Å². The Morgan fingerprint density at radius 1 is 1.20 bits per heavy atom. The van der Waals surface area contributed by atoms with E-state index in [1.165, 1.54) is 37.4 Å². The van der Waals surface area contributed by atoms with Gasteiger partial charge in [-0.25, -0.2) is 9.18 Å². The van der Waals surface area contributed by atoms with Gasteiger partial charge in [-0.2, -0.15) is 0 Å². The minimum Gasteiger partial charge on any atom is -0.489 e. The summed E-state index contributed by atoms with van der Waals surface area (Å²) in [5, 5.41) is 0.422. The SMILES string of the molecule is COC(=O)c1cc(Cl)cc(COc2ccc(F)cc2)c1. The number of hydrogen-bond donors (Lipinski definition) is 0. The van der Waals surface area contributed by atoms with E-state index in [9.17, 15) is 9.18 Å². The molecule has 0 saturated carbocycles. The molecule has 0 spiro atoms. The molecule has 0 aliphatic rings. The molecule has 0 aliphatic carbocycles. The summed E-state index contributed by atoms with van der Waals surface area (Å²) < 4.78 is 22.9. The van der Waals surface area contributed by atoms with E-state index in [2.05, 4.69) is 4.74 Å². The van der Waals surface area contributed by atoms with Crippen LogP contribution in [0.4, 0.5) is 4.39 Å². The Morgan fingerprint density at radius 3 is 2.55 bits per heavy atom. The van der Waals surface area contributed by atoms with Crippen molar-refractivity contribution in [3.05, 3.63) is 64.4 Å². The van der Waals surface area contributed by atoms with Crippen molar-refractivity contribution < 1.29 is 18.7 Å². The predicted molar refractivity (Wildman–Crippen MR) is 73.5 cm³/mol. The fourth-order valence-electron chi connectivity index (χ4n) is 1.67. The molecule has 104 valence electrons. The first kappa shape index (κ1) is 14.3. The number of carbonyl (C=O) groups is 1. The Balaban J connectivity index is 2.11. The summed E-state index contributed by atoms with van der Waals surface area (Å²) in [5.74, 6) is -0.255. The molecule has 0 bridgehead atoms. The second-order valence-electron chi connectivity index (χ2n) is 4.08. The summed E-state index contributed by atoms with van der Waals surface area (Å²) in [6.07, 6.45) is 0. The maximum absolute atomic E-state index is 12.8. The van der Waals surface area contributed by atoms with E-state index in [1.807, 2.05) is 0 Å². The van der Waals surface area contributed by atoms with Gasteiger partial charge in [0.25, 0.3) is 0 Å². The number of rotatable bonds is 4. The molecule has 2 rings (SSSR count). The third-order valence-corrected chi connectivity index (χ3v) is 2.82. The summed E-state index contributed by atoms with van der Waals surface area (Å²) in [7, 11) is 1.30. The molecule has 20 heavy (non-hydrogen) atoms. The molecule has 0 amide bonds. The van der Waals surface area contributed by atoms with Crippen molar-refractivity contribution in [1.29, 1.82) is 0 Å². The Labute approximate surface area is 120 Å². The van der Waals surface area contributed by atoms with Gasteiger partial charge in [-0.3, -0.25) is 0 Å². The van der Waals surface area contributed by atoms with Crippen LogP contribution in [0.25, 0.3) is 0 Å². The highest BCUT2D eigenvalue weighted by Gasteiger charge is 2.08. The lowest BCUT2D eigenvalue weighted by molar-refractivity contribution is 0.0600. The summed E-state index contributed by atoms with van der Waals surface area (Å²) >= 11 is 5.94. The number of hydrogen-bond acceptors (Lipinski definition) is 3. The van der Waals surface area contributed by atoms with Crippen LogP contribution in [-0.4, -0.2) is 13.1 Å². The van der Waals surface area contributed by atoms with E-state index in [4.69, 9.17) is 16.3 Å². The summed E-state index contributed by atoms with van der Waals surface area (Å²) in [4.78, 5) is 11.5. The molecule has 5 heteroatoms. The molecule has 2 aromatic carbocycles. The van der Waals surface area contributed by atoms with Crippen molar-refractivity contribution in [3.8, 4) is 5.75 Å². The van der Waals surface area contributed by atoms with E-state index in [0.717, 1.165) is 5.56 Å². The molecule has 0 atom stereocenters. The van der Waals surface area contributed by atoms with Crippen molar-refractivity contribution >= 4 is 17.6 Å². The van der Waals surface area contributed by atoms with Crippen LogP contribution < -0.4 is 4.74 Å². The normalized spacial score (nSPS) is 10.2. The molecule has 0 aliphatic heterocycles. The van der Waals surface area contributed by atoms with Crippen LogP contribution in [0.1, 0.15) is 15.9 Å². The van der Waals surface area contributed by atoms with E-state index < -0.39 is 5.97 Å². The second kappa shape index (κ2) is 6.39. The summed E-state index contributed by atoms with van der Waals surface area (Å²) in [6, 6.07) is 10.5. The van der Waals surface area contributed by atoms with Crippen molar-refractivity contribution in [2.45, 2.75) is 6.61 Å². The fourth-order valence-corrected chi connectivity index (χ4v) is 1.92. The number of carbonyl (C=O) groups excluding carboxylic acids is 1. The molecule has 0 unspecified atom stereocenters. The van der Waals surface area contributed by atoms with Crippen molar-refractivity contribution in [1.82, 2.24) is 0 Å². The van der Waals surface area contributed by atoms with Crippen molar-refractivity contribution in [2.75, 3.05) is 7.11 Å². The van der Waals surface area contributed by atoms with Gasteiger partial charge in [-0.05, 0) is 48.0 Å². The minimum atomic E-state index is -0.462. The lowest BCUT2D eigenvalue weighted by Gasteiger charge is -2.08. The average molecular weight is 295 g/mol. The molecule has 0 fully saturated rings. The van der Waals surface area contributed by atoms with E-state index in [1.54, 1.807) is 12.1 Å². The highest BCUT2D eigenvalue weighted by Crippen LogP contribution is 2.18. The number of ether oxygens (including phenoxy) is 2. The van der Waals surface area contributed by atoms with Gasteiger partial charge in [0, 0.05) is 5.02 Å². The minimum absolute atomic E-state index is 0.218. The maximum Gasteiger partial charge on any atom is 0.337 e. The van der Waals surface area contributed by atoms with Gasteiger partial charge < -0.3 is 9.47 Å². The Bertz CT molecular complexity index is 611. The highest BCUT2D eigenvalue weighted by molar-refractivity contribution is 6.31. The van der Waals surface area contributed by atoms with E-state index >= 15 is 0 Å². The zero-order valence-electron chi connectivity index (χ0n) is 10.7. The number of esters is 1. The van der Waals surface area contributed by atoms with Crippen molar-refractivity contribution in [3.63, 3.8) is 0 Å². The second-order valence-corrected chi connectivity index (χ2v) is 4.52. The van der Waals surface area contributed by atoms with E-state index in [-0.39, 0.29) is 12.4 Å². The molecule has 0 radical (unpaired) electrons. The van der Waals surface area contributed by atoms with Gasteiger partial charge in [-0.1, -0.05) is 11.6 Å². The van der Waals surface area contributed by atoms with Crippen LogP contribution in [0.5, 0.6) is 5.75 Å². The lowest BCUT2D eigenvalue weighted by atomic mass is 10.1. The van der Waals surface area contributed by atoms with E-state index in [0.29, 0.717) is 16.3 Å². The number of halogens is 2. The van der Waals surface area contributed by atoms with Crippen LogP contribution in [0.3, 0.4) is 0 Å². The molecule has 2 aromatic rings. The fraction of sp³-hybridized carbons (Fsp3) is 0.133. The highest BCUT2D eigenvalue weighted by atomic mass is 35.5. The summed E-state index contributed by atoms with van der Waals surface area (Å²) in [6.45, 7) is 0.218. The largest absolute Gasteiger partial charge is 0.489 e. The molecule has 0 heterocycles. The zero-order valence-corrected chi connectivity index (χ0v) is 11.5. The first-order valence-electron chi connectivity index (χ1n) is 5.84. The summed E-state index contributed by atoms with van der Waals surface area (Å²) in [5.41, 5.74) is 1.08. The predicted octanol–water partition coefficient (Wildman–Crippen LogP) is 3.84. The smallest absolute Gasteiger partial charge is 0.337 e. The van der Waals surface area contributed by atoms with Crippen LogP contribution in [-0.2, 0) is 11.3 Å². The van der Waals surface area contributed by atoms with Crippen LogP contribution in [0, 0.1) is 5.82 Å². The maximum atomic E-state index is 12.8. The lowest BCUT2D eigenvalue weighted by Crippen LogP contribution is -2.03. The molecular formula is C15H12ClFO3. The third kappa shape index (κ3) is 3.71. The number of methoxy groups -OCH3 is 1. The Hall–Kier alpha value is -2.07. The quantitative estimate of drug-likeness (QED) is 0.804. The molecule has 0 aromatic heterocycles. The van der Waals surface area contributed by atoms with Gasteiger partial charge >= 0.3 is 5.97 Å². The monoisotopic (exact) mass is 294 g/mol. The van der Waals surface area contributed by atoms with Crippen LogP contribution in [0.2, 0.25) is 5.02 Å². The van der Waals surface area contributed by atoms with Gasteiger partial charge in [0.1, 0.15) is 18.2 Å². The van der Waals surface area contributed by atoms with Gasteiger partial charge in [0.05, 0.1) is 12.7 Å². The topological polar surface area (TPSA) is 35.5 Å². The zero-order chi connectivity index (χ0) is 14.5. The van der Waals surface area contributed by atoms with Gasteiger partial charge in [0.15, 0.2) is 0 Å². The first-order valence-corrected chi connectivity index (χ1v) is 6.22. The number of benzene rings is 2. The Morgan fingerprint density at radius 2 is 1.90 bits per heavy atom. The molecular weight excluding hydrogens is 283 g/mol. The molecule has 3 nitrogen and oxygen atoms in total. The standard InChI is InChI=1S/C15H12ClFO3/c1-19-15(18)11-6-10(7-12(16)8-11)9-20-14-4-2-13(17)3-5-14/h2-8H,9H2,1H3.